The van der Waals surface area contributed by atoms with Gasteiger partial charge in [-0.1, -0.05) is 17.8 Å². The van der Waals surface area contributed by atoms with E-state index >= 15 is 0 Å². The average Bonchev–Trinajstić information content (AvgIpc) is 3.16. The molecule has 2 aromatic heterocycles. The van der Waals surface area contributed by atoms with Crippen molar-refractivity contribution in [3.8, 4) is 11.5 Å². The van der Waals surface area contributed by atoms with Gasteiger partial charge in [-0.2, -0.15) is 0 Å². The molecule has 3 rings (SSSR count). The second-order valence-electron chi connectivity index (χ2n) is 4.52. The van der Waals surface area contributed by atoms with Crippen molar-refractivity contribution in [2.24, 2.45) is 0 Å². The lowest BCUT2D eigenvalue weighted by Crippen LogP contribution is -2.08. The Morgan fingerprint density at radius 3 is 2.90 bits per heavy atom. The van der Waals surface area contributed by atoms with Crippen molar-refractivity contribution >= 4 is 17.7 Å². The molecular weight excluding hydrogens is 280 g/mol. The molecule has 20 heavy (non-hydrogen) atoms. The standard InChI is InChI=1S/C12H12N4O3S/c17-9-3-1-2-8(13-9)11-14-15-12(20-6-10(18)19)16(11)7-4-5-7/h1-3,7H,4-6H2,(H,13,17)(H,18,19). The van der Waals surface area contributed by atoms with Crippen LogP contribution in [0.2, 0.25) is 0 Å². The Hall–Kier alpha value is -2.09. The van der Waals surface area contributed by atoms with Crippen LogP contribution in [0.15, 0.2) is 28.2 Å². The van der Waals surface area contributed by atoms with E-state index in [4.69, 9.17) is 5.11 Å². The number of rotatable bonds is 5. The van der Waals surface area contributed by atoms with Crippen LogP contribution < -0.4 is 5.56 Å². The predicted molar refractivity (Wildman–Crippen MR) is 72.7 cm³/mol. The highest BCUT2D eigenvalue weighted by molar-refractivity contribution is 7.99. The molecule has 1 saturated carbocycles. The molecule has 0 atom stereocenters. The molecule has 2 N–H and O–H groups in total. The van der Waals surface area contributed by atoms with Gasteiger partial charge >= 0.3 is 5.97 Å². The minimum absolute atomic E-state index is 0.0594. The Morgan fingerprint density at radius 1 is 1.45 bits per heavy atom. The quantitative estimate of drug-likeness (QED) is 0.802. The Kier molecular flexibility index (Phi) is 3.31. The normalized spacial score (nSPS) is 14.4. The third-order valence-corrected chi connectivity index (χ3v) is 3.84. The second-order valence-corrected chi connectivity index (χ2v) is 5.46. The van der Waals surface area contributed by atoms with Gasteiger partial charge in [-0.15, -0.1) is 10.2 Å². The van der Waals surface area contributed by atoms with E-state index in [-0.39, 0.29) is 11.3 Å². The zero-order chi connectivity index (χ0) is 14.1. The fourth-order valence-corrected chi connectivity index (χ4v) is 2.65. The van der Waals surface area contributed by atoms with Crippen molar-refractivity contribution in [3.05, 3.63) is 28.6 Å². The molecule has 1 fully saturated rings. The molecule has 8 heteroatoms. The van der Waals surface area contributed by atoms with Gasteiger partial charge in [0.1, 0.15) is 0 Å². The fraction of sp³-hybridized carbons (Fsp3) is 0.333. The van der Waals surface area contributed by atoms with E-state index in [1.807, 2.05) is 4.57 Å². The van der Waals surface area contributed by atoms with Crippen LogP contribution in [0.4, 0.5) is 0 Å². The van der Waals surface area contributed by atoms with Crippen molar-refractivity contribution < 1.29 is 9.90 Å². The fourth-order valence-electron chi connectivity index (χ4n) is 1.93. The lowest BCUT2D eigenvalue weighted by molar-refractivity contribution is -0.133. The second kappa shape index (κ2) is 5.12. The number of aromatic nitrogens is 4. The number of carboxylic acid groups (broad SMARTS) is 1. The third kappa shape index (κ3) is 2.60. The largest absolute Gasteiger partial charge is 0.481 e. The highest BCUT2D eigenvalue weighted by atomic mass is 32.2. The molecule has 0 unspecified atom stereocenters. The van der Waals surface area contributed by atoms with Crippen molar-refractivity contribution in [2.75, 3.05) is 5.75 Å². The molecule has 0 amide bonds. The Balaban J connectivity index is 1.99. The van der Waals surface area contributed by atoms with Crippen molar-refractivity contribution in [1.82, 2.24) is 19.7 Å². The topological polar surface area (TPSA) is 101 Å². The number of hydrogen-bond donors (Lipinski definition) is 2. The zero-order valence-electron chi connectivity index (χ0n) is 10.4. The van der Waals surface area contributed by atoms with E-state index in [0.29, 0.717) is 22.7 Å². The monoisotopic (exact) mass is 292 g/mol. The average molecular weight is 292 g/mol. The number of nitrogens with one attached hydrogen (secondary N) is 1. The minimum Gasteiger partial charge on any atom is -0.481 e. The first-order valence-electron chi connectivity index (χ1n) is 6.14. The van der Waals surface area contributed by atoms with Crippen LogP contribution in [0, 0.1) is 0 Å². The molecule has 2 heterocycles. The first-order chi connectivity index (χ1) is 9.65. The van der Waals surface area contributed by atoms with Crippen LogP contribution in [0.3, 0.4) is 0 Å². The van der Waals surface area contributed by atoms with Gasteiger partial charge in [-0.25, -0.2) is 0 Å². The molecule has 7 nitrogen and oxygen atoms in total. The zero-order valence-corrected chi connectivity index (χ0v) is 11.3. The number of hydrogen-bond acceptors (Lipinski definition) is 5. The minimum atomic E-state index is -0.894. The van der Waals surface area contributed by atoms with Gasteiger partial charge in [0.05, 0.1) is 11.4 Å². The van der Waals surface area contributed by atoms with Gasteiger partial charge in [0.15, 0.2) is 11.0 Å². The maximum absolute atomic E-state index is 11.4. The van der Waals surface area contributed by atoms with Gasteiger partial charge in [0, 0.05) is 12.1 Å². The van der Waals surface area contributed by atoms with Crippen molar-refractivity contribution in [2.45, 2.75) is 24.0 Å². The molecule has 2 aromatic rings. The number of H-pyrrole nitrogens is 1. The summed E-state index contributed by atoms with van der Waals surface area (Å²) in [5, 5.41) is 17.5. The van der Waals surface area contributed by atoms with E-state index < -0.39 is 5.97 Å². The van der Waals surface area contributed by atoms with E-state index in [1.54, 1.807) is 12.1 Å². The van der Waals surface area contributed by atoms with Gasteiger partial charge in [-0.05, 0) is 18.9 Å². The molecule has 0 aromatic carbocycles. The van der Waals surface area contributed by atoms with Crippen molar-refractivity contribution in [1.29, 1.82) is 0 Å². The first kappa shape index (κ1) is 12.9. The molecular formula is C12H12N4O3S. The first-order valence-corrected chi connectivity index (χ1v) is 7.13. The molecule has 0 saturated heterocycles. The predicted octanol–water partition coefficient (Wildman–Crippen LogP) is 1.14. The number of carbonyl (C=O) groups is 1. The molecule has 0 bridgehead atoms. The van der Waals surface area contributed by atoms with E-state index in [2.05, 4.69) is 15.2 Å². The molecule has 1 aliphatic carbocycles. The summed E-state index contributed by atoms with van der Waals surface area (Å²) in [6, 6.07) is 5.14. The van der Waals surface area contributed by atoms with E-state index in [9.17, 15) is 9.59 Å². The van der Waals surface area contributed by atoms with E-state index in [1.165, 1.54) is 6.07 Å². The number of thioether (sulfide) groups is 1. The van der Waals surface area contributed by atoms with Crippen LogP contribution in [0.25, 0.3) is 11.5 Å². The number of nitrogens with zero attached hydrogens (tertiary/aromatic N) is 3. The van der Waals surface area contributed by atoms with Gasteiger partial charge in [0.2, 0.25) is 5.56 Å². The molecule has 0 spiro atoms. The van der Waals surface area contributed by atoms with E-state index in [0.717, 1.165) is 24.6 Å². The number of carboxylic acids is 1. The smallest absolute Gasteiger partial charge is 0.313 e. The lowest BCUT2D eigenvalue weighted by Gasteiger charge is -2.07. The summed E-state index contributed by atoms with van der Waals surface area (Å²) >= 11 is 1.14. The highest BCUT2D eigenvalue weighted by Crippen LogP contribution is 2.40. The molecule has 0 aliphatic heterocycles. The third-order valence-electron chi connectivity index (χ3n) is 2.91. The SMILES string of the molecule is O=C(O)CSc1nnc(-c2cccc(=O)[nH]2)n1C1CC1. The van der Waals surface area contributed by atoms with Gasteiger partial charge in [0.25, 0.3) is 0 Å². The summed E-state index contributed by atoms with van der Waals surface area (Å²) in [7, 11) is 0. The summed E-state index contributed by atoms with van der Waals surface area (Å²) < 4.78 is 1.92. The maximum atomic E-state index is 11.4. The van der Waals surface area contributed by atoms with Crippen molar-refractivity contribution in [3.63, 3.8) is 0 Å². The Bertz CT molecular complexity index is 705. The van der Waals surface area contributed by atoms with Crippen LogP contribution >= 0.6 is 11.8 Å². The molecule has 104 valence electrons. The summed E-state index contributed by atoms with van der Waals surface area (Å²) in [5.74, 6) is -0.371. The molecule has 0 radical (unpaired) electrons. The van der Waals surface area contributed by atoms with Crippen LogP contribution in [0.5, 0.6) is 0 Å². The lowest BCUT2D eigenvalue weighted by atomic mass is 10.3. The summed E-state index contributed by atoms with van der Waals surface area (Å²) in [5.41, 5.74) is 0.395. The number of pyridine rings is 1. The summed E-state index contributed by atoms with van der Waals surface area (Å²) in [4.78, 5) is 24.8. The number of aromatic amines is 1. The Morgan fingerprint density at radius 2 is 2.25 bits per heavy atom. The number of aliphatic carboxylic acids is 1. The van der Waals surface area contributed by atoms with Gasteiger partial charge in [-0.3, -0.25) is 14.2 Å². The van der Waals surface area contributed by atoms with Crippen LogP contribution in [-0.2, 0) is 4.79 Å². The summed E-state index contributed by atoms with van der Waals surface area (Å²) in [6.07, 6.45) is 2.03. The van der Waals surface area contributed by atoms with Crippen LogP contribution in [-0.4, -0.2) is 36.6 Å². The Labute approximate surface area is 118 Å². The van der Waals surface area contributed by atoms with Crippen LogP contribution in [0.1, 0.15) is 18.9 Å². The summed E-state index contributed by atoms with van der Waals surface area (Å²) in [6.45, 7) is 0. The maximum Gasteiger partial charge on any atom is 0.313 e. The highest BCUT2D eigenvalue weighted by Gasteiger charge is 2.30. The molecule has 1 aliphatic rings. The van der Waals surface area contributed by atoms with Gasteiger partial charge < -0.3 is 10.1 Å².